The van der Waals surface area contributed by atoms with Crippen molar-refractivity contribution in [2.24, 2.45) is 41.4 Å². The van der Waals surface area contributed by atoms with E-state index < -0.39 is 0 Å². The van der Waals surface area contributed by atoms with E-state index in [0.717, 1.165) is 25.7 Å². The number of hydrogen-bond donors (Lipinski definition) is 0. The van der Waals surface area contributed by atoms with Gasteiger partial charge in [-0.3, -0.25) is 9.59 Å². The molecule has 4 aliphatic carbocycles. The molecule has 0 spiro atoms. The second-order valence-electron chi connectivity index (χ2n) is 6.87. The molecule has 0 amide bonds. The fourth-order valence-corrected chi connectivity index (χ4v) is 6.54. The van der Waals surface area contributed by atoms with Crippen molar-refractivity contribution in [3.05, 3.63) is 0 Å². The molecule has 3 heteroatoms. The highest BCUT2D eigenvalue weighted by Gasteiger charge is 2.66. The monoisotopic (exact) mass is 310 g/mol. The molecule has 0 aromatic heterocycles. The maximum atomic E-state index is 12.7. The molecule has 0 aliphatic heterocycles. The minimum atomic E-state index is 0.147. The van der Waals surface area contributed by atoms with Gasteiger partial charge in [-0.1, -0.05) is 22.9 Å². The third-order valence-electron chi connectivity index (χ3n) is 6.28. The van der Waals surface area contributed by atoms with Crippen molar-refractivity contribution in [1.29, 1.82) is 0 Å². The molecule has 0 bridgehead atoms. The maximum absolute atomic E-state index is 12.7. The van der Waals surface area contributed by atoms with Gasteiger partial charge in [-0.15, -0.1) is 0 Å². The molecular formula is C15H19BrO2. The SMILES string of the molecule is CC1CCC2C(=O)C3CCC(Br)C4C(=O)C1C2C34. The van der Waals surface area contributed by atoms with Crippen LogP contribution in [0.25, 0.3) is 0 Å². The molecule has 0 heterocycles. The van der Waals surface area contributed by atoms with Crippen molar-refractivity contribution in [2.45, 2.75) is 37.4 Å². The minimum Gasteiger partial charge on any atom is -0.299 e. The molecule has 0 aromatic carbocycles. The summed E-state index contributed by atoms with van der Waals surface area (Å²) in [5, 5.41) is 0. The number of carbonyl (C=O) groups excluding carboxylic acids is 2. The highest BCUT2D eigenvalue weighted by Crippen LogP contribution is 2.63. The van der Waals surface area contributed by atoms with Crippen LogP contribution >= 0.6 is 15.9 Å². The Morgan fingerprint density at radius 1 is 0.889 bits per heavy atom. The Hall–Kier alpha value is -0.180. The van der Waals surface area contributed by atoms with Gasteiger partial charge in [0.15, 0.2) is 0 Å². The van der Waals surface area contributed by atoms with Crippen molar-refractivity contribution in [3.8, 4) is 0 Å². The molecule has 0 saturated heterocycles. The topological polar surface area (TPSA) is 34.1 Å². The molecule has 4 rings (SSSR count). The van der Waals surface area contributed by atoms with Crippen LogP contribution in [0, 0.1) is 41.4 Å². The van der Waals surface area contributed by atoms with E-state index in [-0.39, 0.29) is 23.7 Å². The second-order valence-corrected chi connectivity index (χ2v) is 8.05. The van der Waals surface area contributed by atoms with Crippen LogP contribution in [0.3, 0.4) is 0 Å². The Morgan fingerprint density at radius 2 is 1.50 bits per heavy atom. The van der Waals surface area contributed by atoms with Crippen LogP contribution in [0.5, 0.6) is 0 Å². The molecular weight excluding hydrogens is 292 g/mol. The predicted molar refractivity (Wildman–Crippen MR) is 71.3 cm³/mol. The van der Waals surface area contributed by atoms with Crippen LogP contribution in [0.1, 0.15) is 32.6 Å². The first-order chi connectivity index (χ1) is 8.61. The molecule has 8 atom stereocenters. The van der Waals surface area contributed by atoms with Crippen LogP contribution < -0.4 is 0 Å². The number of hydrogen-bond acceptors (Lipinski definition) is 2. The number of halogens is 1. The van der Waals surface area contributed by atoms with Crippen molar-refractivity contribution in [1.82, 2.24) is 0 Å². The first-order valence-electron chi connectivity index (χ1n) is 7.32. The van der Waals surface area contributed by atoms with Gasteiger partial charge < -0.3 is 0 Å². The normalized spacial score (nSPS) is 57.9. The summed E-state index contributed by atoms with van der Waals surface area (Å²) in [6, 6.07) is 0. The Labute approximate surface area is 116 Å². The van der Waals surface area contributed by atoms with Crippen LogP contribution in [0.15, 0.2) is 0 Å². The average Bonchev–Trinajstić information content (AvgIpc) is 2.79. The van der Waals surface area contributed by atoms with Gasteiger partial charge in [0.25, 0.3) is 0 Å². The van der Waals surface area contributed by atoms with E-state index in [1.807, 2.05) is 0 Å². The van der Waals surface area contributed by atoms with E-state index in [1.54, 1.807) is 0 Å². The Morgan fingerprint density at radius 3 is 2.22 bits per heavy atom. The van der Waals surface area contributed by atoms with E-state index in [9.17, 15) is 9.59 Å². The van der Waals surface area contributed by atoms with Gasteiger partial charge >= 0.3 is 0 Å². The minimum absolute atomic E-state index is 0.147. The van der Waals surface area contributed by atoms with E-state index in [2.05, 4.69) is 22.9 Å². The van der Waals surface area contributed by atoms with Crippen molar-refractivity contribution in [3.63, 3.8) is 0 Å². The average molecular weight is 311 g/mol. The number of alkyl halides is 1. The largest absolute Gasteiger partial charge is 0.299 e. The summed E-state index contributed by atoms with van der Waals surface area (Å²) in [5.74, 6) is 3.09. The summed E-state index contributed by atoms with van der Waals surface area (Å²) in [5.41, 5.74) is 0. The summed E-state index contributed by atoms with van der Waals surface area (Å²) >= 11 is 3.72. The van der Waals surface area contributed by atoms with Gasteiger partial charge in [0.2, 0.25) is 0 Å². The summed E-state index contributed by atoms with van der Waals surface area (Å²) in [7, 11) is 0. The lowest BCUT2D eigenvalue weighted by molar-refractivity contribution is -0.132. The first kappa shape index (κ1) is 11.6. The number of carbonyl (C=O) groups is 2. The molecule has 0 radical (unpaired) electrons. The lowest BCUT2D eigenvalue weighted by Crippen LogP contribution is -2.38. The van der Waals surface area contributed by atoms with Gasteiger partial charge in [0.05, 0.1) is 0 Å². The van der Waals surface area contributed by atoms with E-state index in [1.165, 1.54) is 0 Å². The highest BCUT2D eigenvalue weighted by molar-refractivity contribution is 9.09. The molecule has 4 saturated carbocycles. The zero-order valence-electron chi connectivity index (χ0n) is 10.6. The summed E-state index contributed by atoms with van der Waals surface area (Å²) in [4.78, 5) is 25.6. The quantitative estimate of drug-likeness (QED) is 0.645. The van der Waals surface area contributed by atoms with Gasteiger partial charge in [-0.2, -0.15) is 0 Å². The van der Waals surface area contributed by atoms with E-state index in [4.69, 9.17) is 0 Å². The molecule has 18 heavy (non-hydrogen) atoms. The van der Waals surface area contributed by atoms with Crippen LogP contribution in [-0.4, -0.2) is 16.4 Å². The lowest BCUT2D eigenvalue weighted by atomic mass is 9.69. The highest BCUT2D eigenvalue weighted by atomic mass is 79.9. The third kappa shape index (κ3) is 1.20. The molecule has 0 N–H and O–H groups in total. The second kappa shape index (κ2) is 3.68. The molecule has 2 nitrogen and oxygen atoms in total. The number of Topliss-reactive ketones (excluding diaryl/α,β-unsaturated/α-hetero) is 2. The van der Waals surface area contributed by atoms with Crippen LogP contribution in [0.4, 0.5) is 0 Å². The third-order valence-corrected chi connectivity index (χ3v) is 7.31. The van der Waals surface area contributed by atoms with Crippen LogP contribution in [0.2, 0.25) is 0 Å². The lowest BCUT2D eigenvalue weighted by Gasteiger charge is -2.34. The summed E-state index contributed by atoms with van der Waals surface area (Å²) < 4.78 is 0. The van der Waals surface area contributed by atoms with E-state index in [0.29, 0.717) is 34.1 Å². The predicted octanol–water partition coefficient (Wildman–Crippen LogP) is 2.84. The Bertz CT molecular complexity index is 396. The molecule has 98 valence electrons. The van der Waals surface area contributed by atoms with Gasteiger partial charge in [0, 0.05) is 28.5 Å². The van der Waals surface area contributed by atoms with Crippen LogP contribution in [-0.2, 0) is 9.59 Å². The van der Waals surface area contributed by atoms with Gasteiger partial charge in [-0.05, 0) is 43.4 Å². The van der Waals surface area contributed by atoms with Crippen molar-refractivity contribution < 1.29 is 9.59 Å². The first-order valence-corrected chi connectivity index (χ1v) is 8.24. The molecule has 8 unspecified atom stereocenters. The fraction of sp³-hybridized carbons (Fsp3) is 0.867. The molecule has 0 aromatic rings. The smallest absolute Gasteiger partial charge is 0.141 e. The summed E-state index contributed by atoms with van der Waals surface area (Å²) in [6.45, 7) is 2.22. The molecule has 4 fully saturated rings. The molecule has 4 aliphatic rings. The van der Waals surface area contributed by atoms with E-state index >= 15 is 0 Å². The standard InChI is InChI=1S/C15H19BrO2/c1-6-2-3-7-11-10(6)15(18)13-9(16)5-4-8(12(11)13)14(7)17/h6-13H,2-5H2,1H3. The van der Waals surface area contributed by atoms with Crippen molar-refractivity contribution in [2.75, 3.05) is 0 Å². The Kier molecular flexibility index (Phi) is 2.38. The number of ketones is 2. The Balaban J connectivity index is 1.84. The summed E-state index contributed by atoms with van der Waals surface area (Å²) in [6.07, 6.45) is 4.13. The number of rotatable bonds is 0. The fourth-order valence-electron chi connectivity index (χ4n) is 5.66. The zero-order chi connectivity index (χ0) is 12.6. The zero-order valence-corrected chi connectivity index (χ0v) is 12.2. The van der Waals surface area contributed by atoms with Gasteiger partial charge in [-0.25, -0.2) is 0 Å². The van der Waals surface area contributed by atoms with Gasteiger partial charge in [0.1, 0.15) is 11.6 Å². The van der Waals surface area contributed by atoms with Crippen molar-refractivity contribution >= 4 is 27.5 Å². The maximum Gasteiger partial charge on any atom is 0.141 e.